The van der Waals surface area contributed by atoms with Gasteiger partial charge in [0.1, 0.15) is 0 Å². The molecule has 1 atom stereocenters. The van der Waals surface area contributed by atoms with Gasteiger partial charge in [0, 0.05) is 52.4 Å². The second kappa shape index (κ2) is 10.1. The third-order valence-electron chi connectivity index (χ3n) is 5.49. The number of aromatic nitrogens is 1. The van der Waals surface area contributed by atoms with Crippen LogP contribution in [0.25, 0.3) is 0 Å². The van der Waals surface area contributed by atoms with Crippen molar-refractivity contribution >= 4 is 17.7 Å². The quantitative estimate of drug-likeness (QED) is 0.787. The van der Waals surface area contributed by atoms with Gasteiger partial charge in [-0.2, -0.15) is 0 Å². The summed E-state index contributed by atoms with van der Waals surface area (Å²) < 4.78 is 1.36. The number of carbonyl (C=O) groups is 3. The summed E-state index contributed by atoms with van der Waals surface area (Å²) in [4.78, 5) is 53.0. The van der Waals surface area contributed by atoms with E-state index in [4.69, 9.17) is 0 Å². The monoisotopic (exact) mass is 424 g/mol. The van der Waals surface area contributed by atoms with Gasteiger partial charge in [0.25, 0.3) is 5.91 Å². The molecule has 8 nitrogen and oxygen atoms in total. The van der Waals surface area contributed by atoms with Crippen LogP contribution in [-0.2, 0) is 16.6 Å². The lowest BCUT2D eigenvalue weighted by Gasteiger charge is -2.31. The molecule has 0 saturated carbocycles. The van der Waals surface area contributed by atoms with Gasteiger partial charge < -0.3 is 19.7 Å². The molecule has 1 aromatic carbocycles. The molecule has 0 radical (unpaired) electrons. The average molecular weight is 425 g/mol. The Bertz CT molecular complexity index is 1000. The van der Waals surface area contributed by atoms with Crippen LogP contribution >= 0.6 is 0 Å². The maximum Gasteiger partial charge on any atom is 0.255 e. The molecular formula is C23H28N4O4. The first kappa shape index (κ1) is 22.3. The highest BCUT2D eigenvalue weighted by atomic mass is 16.2. The van der Waals surface area contributed by atoms with E-state index in [2.05, 4.69) is 5.32 Å². The molecule has 1 saturated heterocycles. The fourth-order valence-corrected chi connectivity index (χ4v) is 3.84. The number of amides is 3. The number of nitrogens with zero attached hydrogens (tertiary/aromatic N) is 3. The minimum absolute atomic E-state index is 0.114. The lowest BCUT2D eigenvalue weighted by atomic mass is 10.0. The van der Waals surface area contributed by atoms with E-state index in [1.54, 1.807) is 16.8 Å². The Morgan fingerprint density at radius 1 is 1.00 bits per heavy atom. The number of pyridine rings is 1. The molecule has 31 heavy (non-hydrogen) atoms. The highest BCUT2D eigenvalue weighted by Crippen LogP contribution is 2.25. The molecule has 1 aliphatic heterocycles. The van der Waals surface area contributed by atoms with Crippen LogP contribution in [0.4, 0.5) is 0 Å². The Morgan fingerprint density at radius 3 is 2.42 bits per heavy atom. The summed E-state index contributed by atoms with van der Waals surface area (Å²) in [6.45, 7) is 3.03. The Balaban J connectivity index is 1.82. The maximum atomic E-state index is 13.0. The van der Waals surface area contributed by atoms with E-state index >= 15 is 0 Å². The van der Waals surface area contributed by atoms with Crippen molar-refractivity contribution in [3.63, 3.8) is 0 Å². The summed E-state index contributed by atoms with van der Waals surface area (Å²) in [6, 6.07) is 12.0. The molecule has 3 rings (SSSR count). The van der Waals surface area contributed by atoms with Gasteiger partial charge in [0.15, 0.2) is 0 Å². The summed E-state index contributed by atoms with van der Waals surface area (Å²) >= 11 is 0. The van der Waals surface area contributed by atoms with Crippen LogP contribution in [0.5, 0.6) is 0 Å². The highest BCUT2D eigenvalue weighted by Gasteiger charge is 2.27. The zero-order valence-corrected chi connectivity index (χ0v) is 17.9. The maximum absolute atomic E-state index is 13.0. The van der Waals surface area contributed by atoms with E-state index in [0.717, 1.165) is 5.56 Å². The minimum Gasteiger partial charge on any atom is -0.354 e. The molecule has 8 heteroatoms. The van der Waals surface area contributed by atoms with Gasteiger partial charge >= 0.3 is 0 Å². The Hall–Kier alpha value is -3.42. The second-order valence-electron chi connectivity index (χ2n) is 7.71. The van der Waals surface area contributed by atoms with Crippen LogP contribution in [0.2, 0.25) is 0 Å². The van der Waals surface area contributed by atoms with Gasteiger partial charge in [-0.25, -0.2) is 0 Å². The molecule has 3 amide bonds. The minimum atomic E-state index is -0.357. The van der Waals surface area contributed by atoms with Crippen LogP contribution in [-0.4, -0.2) is 58.3 Å². The van der Waals surface area contributed by atoms with Gasteiger partial charge in [-0.3, -0.25) is 19.2 Å². The first-order valence-corrected chi connectivity index (χ1v) is 10.4. The van der Waals surface area contributed by atoms with Crippen molar-refractivity contribution in [1.29, 1.82) is 0 Å². The highest BCUT2D eigenvalue weighted by molar-refractivity contribution is 5.94. The normalized spacial score (nSPS) is 18.1. The molecule has 2 heterocycles. The molecule has 2 aromatic rings. The van der Waals surface area contributed by atoms with E-state index in [1.165, 1.54) is 29.8 Å². The van der Waals surface area contributed by atoms with Crippen LogP contribution in [0.1, 0.15) is 41.7 Å². The van der Waals surface area contributed by atoms with E-state index in [9.17, 15) is 19.2 Å². The molecule has 1 aliphatic rings. The number of rotatable bonds is 2. The Kier molecular flexibility index (Phi) is 7.23. The number of carbonyl (C=O) groups excluding carboxylic acids is 3. The number of nitrogens with one attached hydrogen (secondary N) is 1. The van der Waals surface area contributed by atoms with E-state index in [-0.39, 0.29) is 35.7 Å². The van der Waals surface area contributed by atoms with Crippen molar-refractivity contribution in [1.82, 2.24) is 19.7 Å². The molecule has 1 N–H and O–H groups in total. The molecule has 0 spiro atoms. The second-order valence-corrected chi connectivity index (χ2v) is 7.71. The number of benzene rings is 1. The number of aryl methyl sites for hydroxylation is 1. The molecule has 164 valence electrons. The van der Waals surface area contributed by atoms with Crippen molar-refractivity contribution in [3.05, 3.63) is 70.1 Å². The van der Waals surface area contributed by atoms with E-state index < -0.39 is 0 Å². The van der Waals surface area contributed by atoms with Gasteiger partial charge in [-0.05, 0) is 18.1 Å². The summed E-state index contributed by atoms with van der Waals surface area (Å²) in [7, 11) is 1.60. The zero-order valence-electron chi connectivity index (χ0n) is 17.9. The number of hydrogen-bond donors (Lipinski definition) is 1. The molecule has 1 aromatic heterocycles. The van der Waals surface area contributed by atoms with Gasteiger partial charge in [-0.15, -0.1) is 0 Å². The van der Waals surface area contributed by atoms with Gasteiger partial charge in [-0.1, -0.05) is 30.3 Å². The third-order valence-corrected chi connectivity index (χ3v) is 5.49. The zero-order chi connectivity index (χ0) is 22.4. The predicted molar refractivity (Wildman–Crippen MR) is 116 cm³/mol. The summed E-state index contributed by atoms with van der Waals surface area (Å²) in [5.41, 5.74) is 1.13. The van der Waals surface area contributed by atoms with Gasteiger partial charge in [0.05, 0.1) is 18.0 Å². The molecular weight excluding hydrogens is 396 g/mol. The van der Waals surface area contributed by atoms with Crippen molar-refractivity contribution in [2.24, 2.45) is 7.05 Å². The largest absolute Gasteiger partial charge is 0.354 e. The average Bonchev–Trinajstić information content (AvgIpc) is 2.79. The molecule has 0 aliphatic carbocycles. The van der Waals surface area contributed by atoms with Crippen LogP contribution in [0.3, 0.4) is 0 Å². The first-order valence-electron chi connectivity index (χ1n) is 10.4. The van der Waals surface area contributed by atoms with Crippen molar-refractivity contribution in [2.75, 3.05) is 26.2 Å². The standard InChI is InChI=1S/C23H28N4O4/c1-17(28)27-13-6-12-26(23(31)19-9-10-22(30)25(2)16-19)14-11-24-21(29)15-20(27)18-7-4-3-5-8-18/h3-5,7-10,16,20H,6,11-15H2,1-2H3,(H,24,29). The van der Waals surface area contributed by atoms with Crippen molar-refractivity contribution in [2.45, 2.75) is 25.8 Å². The summed E-state index contributed by atoms with van der Waals surface area (Å²) in [5, 5.41) is 2.87. The Morgan fingerprint density at radius 2 is 1.74 bits per heavy atom. The molecule has 1 fully saturated rings. The Labute approximate surface area is 181 Å². The van der Waals surface area contributed by atoms with Crippen LogP contribution < -0.4 is 10.9 Å². The van der Waals surface area contributed by atoms with Crippen LogP contribution in [0.15, 0.2) is 53.5 Å². The van der Waals surface area contributed by atoms with Crippen molar-refractivity contribution < 1.29 is 14.4 Å². The summed E-state index contributed by atoms with van der Waals surface area (Å²) in [6.07, 6.45) is 2.26. The number of hydrogen-bond acceptors (Lipinski definition) is 4. The lowest BCUT2D eigenvalue weighted by Crippen LogP contribution is -2.39. The van der Waals surface area contributed by atoms with E-state index in [0.29, 0.717) is 38.2 Å². The lowest BCUT2D eigenvalue weighted by molar-refractivity contribution is -0.132. The van der Waals surface area contributed by atoms with Crippen LogP contribution in [0, 0.1) is 0 Å². The predicted octanol–water partition coefficient (Wildman–Crippen LogP) is 1.33. The smallest absolute Gasteiger partial charge is 0.255 e. The summed E-state index contributed by atoms with van der Waals surface area (Å²) in [5.74, 6) is -0.494. The van der Waals surface area contributed by atoms with Gasteiger partial charge in [0.2, 0.25) is 17.4 Å². The fourth-order valence-electron chi connectivity index (χ4n) is 3.84. The fraction of sp³-hybridized carbons (Fsp3) is 0.391. The first-order chi connectivity index (χ1) is 14.9. The third kappa shape index (κ3) is 5.59. The SMILES string of the molecule is CC(=O)N1CCCN(C(=O)c2ccc(=O)n(C)c2)CCNC(=O)CC1c1ccccc1. The topological polar surface area (TPSA) is 91.7 Å². The van der Waals surface area contributed by atoms with Crippen molar-refractivity contribution in [3.8, 4) is 0 Å². The van der Waals surface area contributed by atoms with E-state index in [1.807, 2.05) is 30.3 Å². The molecule has 0 bridgehead atoms. The molecule has 1 unspecified atom stereocenters.